The maximum Gasteiger partial charge on any atom is 0.166 e. The summed E-state index contributed by atoms with van der Waals surface area (Å²) in [6.45, 7) is 0.320. The molecular formula is C7H7NOY. The van der Waals surface area contributed by atoms with Crippen molar-refractivity contribution in [2.75, 3.05) is 0 Å². The molecule has 2 nitrogen and oxygen atoms in total. The van der Waals surface area contributed by atoms with E-state index in [1.807, 2.05) is 30.6 Å². The fourth-order valence-electron chi connectivity index (χ4n) is 0.614. The minimum Gasteiger partial charge on any atom is -0.536 e. The first-order valence-electron chi connectivity index (χ1n) is 2.72. The number of hydrogen-bond acceptors (Lipinski definition) is 1. The second-order valence-corrected chi connectivity index (χ2v) is 1.69. The third-order valence-electron chi connectivity index (χ3n) is 1.02. The van der Waals surface area contributed by atoms with Crippen LogP contribution in [0.15, 0.2) is 30.6 Å². The Morgan fingerprint density at radius 3 is 2.30 bits per heavy atom. The Balaban J connectivity index is 0.000000810. The van der Waals surface area contributed by atoms with Crippen LogP contribution in [0.25, 0.3) is 0 Å². The summed E-state index contributed by atoms with van der Waals surface area (Å²) in [5, 5.41) is 0. The Morgan fingerprint density at radius 1 is 1.20 bits per heavy atom. The van der Waals surface area contributed by atoms with E-state index in [0.29, 0.717) is 6.54 Å². The minimum absolute atomic E-state index is 0. The summed E-state index contributed by atoms with van der Waals surface area (Å²) in [5.74, 6) is 0. The summed E-state index contributed by atoms with van der Waals surface area (Å²) in [5.41, 5.74) is 0. The Labute approximate surface area is 85.1 Å². The molecule has 1 aromatic heterocycles. The summed E-state index contributed by atoms with van der Waals surface area (Å²) in [6, 6.07) is 5.65. The minimum atomic E-state index is 0. The average Bonchev–Trinajstić information content (AvgIpc) is 1.91. The van der Waals surface area contributed by atoms with E-state index in [1.165, 1.54) is 0 Å². The van der Waals surface area contributed by atoms with Crippen LogP contribution in [0.3, 0.4) is 0 Å². The van der Waals surface area contributed by atoms with Gasteiger partial charge in [-0.1, -0.05) is 6.07 Å². The molecule has 1 aromatic rings. The van der Waals surface area contributed by atoms with Crippen molar-refractivity contribution in [1.82, 2.24) is 0 Å². The molecule has 0 spiro atoms. The first-order chi connectivity index (χ1) is 4.43. The molecule has 0 unspecified atom stereocenters. The van der Waals surface area contributed by atoms with Gasteiger partial charge in [0.05, 0.1) is 6.54 Å². The summed E-state index contributed by atoms with van der Waals surface area (Å²) >= 11 is 0. The Bertz CT molecular complexity index is 188. The molecule has 0 amide bonds. The second-order valence-electron chi connectivity index (χ2n) is 1.69. The van der Waals surface area contributed by atoms with Crippen LogP contribution in [0.2, 0.25) is 0 Å². The van der Waals surface area contributed by atoms with Crippen LogP contribution >= 0.6 is 0 Å². The van der Waals surface area contributed by atoms with Gasteiger partial charge in [-0.3, -0.25) is 0 Å². The van der Waals surface area contributed by atoms with Crippen molar-refractivity contribution < 1.29 is 42.1 Å². The van der Waals surface area contributed by atoms with Gasteiger partial charge in [-0.2, -0.15) is 6.29 Å². The largest absolute Gasteiger partial charge is 0.536 e. The molecule has 0 aliphatic rings. The summed E-state index contributed by atoms with van der Waals surface area (Å²) in [7, 11) is 0. The van der Waals surface area contributed by atoms with Crippen LogP contribution in [-0.2, 0) is 44.0 Å². The van der Waals surface area contributed by atoms with E-state index in [4.69, 9.17) is 0 Å². The van der Waals surface area contributed by atoms with Gasteiger partial charge in [-0.25, -0.2) is 4.57 Å². The zero-order chi connectivity index (χ0) is 6.53. The number of pyridine rings is 1. The van der Waals surface area contributed by atoms with Gasteiger partial charge in [0.15, 0.2) is 12.4 Å². The van der Waals surface area contributed by atoms with E-state index in [1.54, 1.807) is 10.9 Å². The Morgan fingerprint density at radius 2 is 1.80 bits per heavy atom. The third kappa shape index (κ3) is 3.18. The van der Waals surface area contributed by atoms with Gasteiger partial charge < -0.3 is 4.79 Å². The Hall–Kier alpha value is -0.0761. The average molecular weight is 210 g/mol. The zero-order valence-electron chi connectivity index (χ0n) is 5.53. The summed E-state index contributed by atoms with van der Waals surface area (Å²) in [4.78, 5) is 9.83. The fraction of sp³-hybridized carbons (Fsp3) is 0.143. The van der Waals surface area contributed by atoms with Crippen LogP contribution in [0, 0.1) is 0 Å². The molecule has 49 valence electrons. The van der Waals surface area contributed by atoms with Crippen molar-refractivity contribution in [1.29, 1.82) is 0 Å². The van der Waals surface area contributed by atoms with Gasteiger partial charge in [0.25, 0.3) is 0 Å². The predicted molar refractivity (Wildman–Crippen MR) is 32.3 cm³/mol. The first-order valence-corrected chi connectivity index (χ1v) is 2.72. The molecule has 0 atom stereocenters. The molecule has 0 aliphatic heterocycles. The Kier molecular flexibility index (Phi) is 5.65. The van der Waals surface area contributed by atoms with Crippen LogP contribution in [-0.4, -0.2) is 6.29 Å². The summed E-state index contributed by atoms with van der Waals surface area (Å²) in [6.07, 6.45) is 5.45. The molecule has 0 aliphatic carbocycles. The number of hydrogen-bond donors (Lipinski definition) is 0. The van der Waals surface area contributed by atoms with Crippen molar-refractivity contribution in [3.8, 4) is 0 Å². The molecule has 0 saturated heterocycles. The van der Waals surface area contributed by atoms with Gasteiger partial charge >= 0.3 is 0 Å². The van der Waals surface area contributed by atoms with Gasteiger partial charge in [0, 0.05) is 44.8 Å². The predicted octanol–water partition coefficient (Wildman–Crippen LogP) is 0.0813. The molecule has 0 aromatic carbocycles. The second kappa shape index (κ2) is 5.69. The standard InChI is InChI=1S/C7H7NO.Y/c9-7-6-8-4-2-1-3-5-8;/h1-5H,6H2;. The van der Waals surface area contributed by atoms with Crippen molar-refractivity contribution >= 4 is 6.29 Å². The molecule has 1 heterocycles. The molecule has 1 radical (unpaired) electrons. The maximum absolute atomic E-state index is 9.83. The van der Waals surface area contributed by atoms with Crippen LogP contribution < -0.4 is 4.57 Å². The molecule has 10 heavy (non-hydrogen) atoms. The van der Waals surface area contributed by atoms with Crippen LogP contribution in [0.1, 0.15) is 0 Å². The SMILES string of the molecule is O=[C-]C[n+]1ccccc1.[Y]. The maximum atomic E-state index is 9.83. The van der Waals surface area contributed by atoms with Gasteiger partial charge in [0.1, 0.15) is 0 Å². The number of rotatable bonds is 2. The van der Waals surface area contributed by atoms with E-state index in [9.17, 15) is 4.79 Å². The van der Waals surface area contributed by atoms with E-state index in [2.05, 4.69) is 0 Å². The van der Waals surface area contributed by atoms with Gasteiger partial charge in [-0.15, -0.1) is 0 Å². The van der Waals surface area contributed by atoms with Crippen LogP contribution in [0.5, 0.6) is 0 Å². The van der Waals surface area contributed by atoms with E-state index >= 15 is 0 Å². The van der Waals surface area contributed by atoms with Gasteiger partial charge in [0.2, 0.25) is 0 Å². The molecular weight excluding hydrogens is 203 g/mol. The summed E-state index contributed by atoms with van der Waals surface area (Å²) < 4.78 is 1.76. The monoisotopic (exact) mass is 210 g/mol. The topological polar surface area (TPSA) is 20.9 Å². The molecule has 0 saturated carbocycles. The van der Waals surface area contributed by atoms with Crippen molar-refractivity contribution in [3.05, 3.63) is 30.6 Å². The molecule has 3 heteroatoms. The number of nitrogens with zero attached hydrogens (tertiary/aromatic N) is 1. The number of carbonyl (C=O) groups excluding carboxylic acids is 1. The quantitative estimate of drug-likeness (QED) is 0.500. The van der Waals surface area contributed by atoms with Crippen molar-refractivity contribution in [2.24, 2.45) is 0 Å². The molecule has 0 bridgehead atoms. The normalized spacial score (nSPS) is 8.00. The van der Waals surface area contributed by atoms with E-state index in [-0.39, 0.29) is 32.7 Å². The molecule has 0 fully saturated rings. The van der Waals surface area contributed by atoms with Crippen molar-refractivity contribution in [3.63, 3.8) is 0 Å². The fourth-order valence-corrected chi connectivity index (χ4v) is 0.614. The smallest absolute Gasteiger partial charge is 0.166 e. The molecule has 0 N–H and O–H groups in total. The zero-order valence-corrected chi connectivity index (χ0v) is 8.36. The third-order valence-corrected chi connectivity index (χ3v) is 1.02. The first kappa shape index (κ1) is 9.92. The van der Waals surface area contributed by atoms with Gasteiger partial charge in [-0.05, 0) is 0 Å². The number of aromatic nitrogens is 1. The van der Waals surface area contributed by atoms with Crippen LogP contribution in [0.4, 0.5) is 0 Å². The van der Waals surface area contributed by atoms with Crippen molar-refractivity contribution in [2.45, 2.75) is 6.54 Å². The van der Waals surface area contributed by atoms with E-state index < -0.39 is 0 Å². The van der Waals surface area contributed by atoms with E-state index in [0.717, 1.165) is 0 Å². The molecule has 1 rings (SSSR count).